The van der Waals surface area contributed by atoms with Crippen LogP contribution in [-0.2, 0) is 19.6 Å². The largest absolute Gasteiger partial charge is 0.383 e. The van der Waals surface area contributed by atoms with E-state index in [1.807, 2.05) is 0 Å². The Labute approximate surface area is 129 Å². The third-order valence-corrected chi connectivity index (χ3v) is 5.52. The van der Waals surface area contributed by atoms with Crippen molar-refractivity contribution in [2.75, 3.05) is 33.5 Å². The minimum atomic E-state index is -3.72. The van der Waals surface area contributed by atoms with Crippen molar-refractivity contribution in [3.05, 3.63) is 28.8 Å². The van der Waals surface area contributed by atoms with Gasteiger partial charge in [-0.3, -0.25) is 4.79 Å². The van der Waals surface area contributed by atoms with Crippen molar-refractivity contribution in [2.24, 2.45) is 0 Å². The Kier molecular flexibility index (Phi) is 4.88. The predicted molar refractivity (Wildman–Crippen MR) is 78.5 cm³/mol. The Morgan fingerprint density at radius 1 is 1.38 bits per heavy atom. The number of carbonyl (C=O) groups is 1. The van der Waals surface area contributed by atoms with Crippen molar-refractivity contribution in [2.45, 2.75) is 11.8 Å². The number of halogens is 1. The number of nitrogens with zero attached hydrogens (tertiary/aromatic N) is 2. The van der Waals surface area contributed by atoms with Crippen LogP contribution in [0, 0.1) is 6.92 Å². The smallest absolute Gasteiger partial charge is 0.245 e. The molecule has 1 amide bonds. The van der Waals surface area contributed by atoms with Crippen LogP contribution in [0.4, 0.5) is 0 Å². The lowest BCUT2D eigenvalue weighted by Crippen LogP contribution is -2.32. The van der Waals surface area contributed by atoms with E-state index in [4.69, 9.17) is 16.3 Å². The second-order valence-corrected chi connectivity index (χ2v) is 7.16. The van der Waals surface area contributed by atoms with Gasteiger partial charge in [0.15, 0.2) is 0 Å². The normalized spacial score (nSPS) is 16.7. The molecule has 0 aromatic heterocycles. The summed E-state index contributed by atoms with van der Waals surface area (Å²) in [6.45, 7) is 2.42. The monoisotopic (exact) mass is 332 g/mol. The first kappa shape index (κ1) is 16.2. The van der Waals surface area contributed by atoms with Gasteiger partial charge in [0.2, 0.25) is 15.9 Å². The third-order valence-electron chi connectivity index (χ3n) is 3.34. The molecule has 0 N–H and O–H groups in total. The molecule has 2 rings (SSSR count). The van der Waals surface area contributed by atoms with E-state index in [2.05, 4.69) is 0 Å². The molecular weight excluding hydrogens is 316 g/mol. The molecule has 8 heteroatoms. The molecule has 0 unspecified atom stereocenters. The maximum absolute atomic E-state index is 12.5. The molecular formula is C13H17ClN2O4S. The van der Waals surface area contributed by atoms with Gasteiger partial charge in [0, 0.05) is 18.7 Å². The van der Waals surface area contributed by atoms with Crippen LogP contribution in [0.2, 0.25) is 5.02 Å². The Balaban J connectivity index is 2.20. The number of benzene rings is 1. The van der Waals surface area contributed by atoms with Crippen molar-refractivity contribution in [3.63, 3.8) is 0 Å². The summed E-state index contributed by atoms with van der Waals surface area (Å²) in [5.41, 5.74) is 0.801. The van der Waals surface area contributed by atoms with Gasteiger partial charge in [0.25, 0.3) is 0 Å². The maximum Gasteiger partial charge on any atom is 0.245 e. The number of aryl methyl sites for hydroxylation is 1. The van der Waals surface area contributed by atoms with E-state index in [9.17, 15) is 13.2 Å². The Hall–Kier alpha value is -1.15. The number of hydrogen-bond donors (Lipinski definition) is 0. The fourth-order valence-electron chi connectivity index (χ4n) is 2.01. The SMILES string of the molecule is COCCN1CN(S(=O)(=O)c2ccc(C)c(Cl)c2)CC1=O. The van der Waals surface area contributed by atoms with Gasteiger partial charge in [-0.05, 0) is 24.6 Å². The van der Waals surface area contributed by atoms with Gasteiger partial charge in [-0.1, -0.05) is 17.7 Å². The summed E-state index contributed by atoms with van der Waals surface area (Å²) in [7, 11) is -2.19. The number of amides is 1. The molecule has 6 nitrogen and oxygen atoms in total. The lowest BCUT2D eigenvalue weighted by Gasteiger charge is -2.18. The van der Waals surface area contributed by atoms with Crippen molar-refractivity contribution in [1.29, 1.82) is 0 Å². The molecule has 0 atom stereocenters. The quantitative estimate of drug-likeness (QED) is 0.809. The summed E-state index contributed by atoms with van der Waals surface area (Å²) >= 11 is 5.98. The number of ether oxygens (including phenoxy) is 1. The highest BCUT2D eigenvalue weighted by atomic mass is 35.5. The van der Waals surface area contributed by atoms with Gasteiger partial charge >= 0.3 is 0 Å². The molecule has 1 aromatic carbocycles. The summed E-state index contributed by atoms with van der Waals surface area (Å²) in [5, 5.41) is 0.387. The number of carbonyl (C=O) groups excluding carboxylic acids is 1. The lowest BCUT2D eigenvalue weighted by atomic mass is 10.2. The zero-order valence-corrected chi connectivity index (χ0v) is 13.4. The fraction of sp³-hybridized carbons (Fsp3) is 0.462. The molecule has 21 heavy (non-hydrogen) atoms. The molecule has 1 saturated heterocycles. The van der Waals surface area contributed by atoms with Crippen LogP contribution in [0.1, 0.15) is 5.56 Å². The summed E-state index contributed by atoms with van der Waals surface area (Å²) in [5.74, 6) is -0.228. The van der Waals surface area contributed by atoms with E-state index in [-0.39, 0.29) is 24.0 Å². The fourth-order valence-corrected chi connectivity index (χ4v) is 3.63. The van der Waals surface area contributed by atoms with Gasteiger partial charge in [0.1, 0.15) is 0 Å². The first-order chi connectivity index (χ1) is 9.86. The van der Waals surface area contributed by atoms with Crippen molar-refractivity contribution in [1.82, 2.24) is 9.21 Å². The standard InChI is InChI=1S/C13H17ClN2O4S/c1-10-3-4-11(7-12(10)14)21(18,19)16-8-13(17)15(9-16)5-6-20-2/h3-4,7H,5-6,8-9H2,1-2H3. The highest BCUT2D eigenvalue weighted by Crippen LogP contribution is 2.24. The van der Waals surface area contributed by atoms with E-state index in [0.29, 0.717) is 18.2 Å². The zero-order chi connectivity index (χ0) is 15.6. The average molecular weight is 333 g/mol. The lowest BCUT2D eigenvalue weighted by molar-refractivity contribution is -0.127. The molecule has 1 aliphatic heterocycles. The molecule has 0 bridgehead atoms. The number of sulfonamides is 1. The minimum Gasteiger partial charge on any atom is -0.383 e. The molecule has 0 saturated carbocycles. The molecule has 1 fully saturated rings. The van der Waals surface area contributed by atoms with Crippen LogP contribution in [0.25, 0.3) is 0 Å². The zero-order valence-electron chi connectivity index (χ0n) is 11.9. The molecule has 0 spiro atoms. The molecule has 1 heterocycles. The predicted octanol–water partition coefficient (Wildman–Crippen LogP) is 1.09. The van der Waals surface area contributed by atoms with Gasteiger partial charge in [-0.2, -0.15) is 4.31 Å². The third kappa shape index (κ3) is 3.37. The van der Waals surface area contributed by atoms with Crippen molar-refractivity contribution in [3.8, 4) is 0 Å². The number of hydrogen-bond acceptors (Lipinski definition) is 4. The van der Waals surface area contributed by atoms with E-state index in [1.54, 1.807) is 13.0 Å². The summed E-state index contributed by atoms with van der Waals surface area (Å²) in [4.78, 5) is 13.4. The average Bonchev–Trinajstić information content (AvgIpc) is 2.81. The summed E-state index contributed by atoms with van der Waals surface area (Å²) < 4.78 is 31.1. The summed E-state index contributed by atoms with van der Waals surface area (Å²) in [6.07, 6.45) is 0. The van der Waals surface area contributed by atoms with Gasteiger partial charge in [0.05, 0.1) is 24.7 Å². The van der Waals surface area contributed by atoms with Crippen molar-refractivity contribution >= 4 is 27.5 Å². The second kappa shape index (κ2) is 6.31. The molecule has 1 aromatic rings. The number of methoxy groups -OCH3 is 1. The van der Waals surface area contributed by atoms with Crippen LogP contribution in [0.15, 0.2) is 23.1 Å². The van der Waals surface area contributed by atoms with Crippen LogP contribution in [-0.4, -0.2) is 57.0 Å². The van der Waals surface area contributed by atoms with E-state index in [1.165, 1.54) is 24.1 Å². The molecule has 116 valence electrons. The van der Waals surface area contributed by atoms with Crippen LogP contribution in [0.3, 0.4) is 0 Å². The highest BCUT2D eigenvalue weighted by Gasteiger charge is 2.36. The first-order valence-electron chi connectivity index (χ1n) is 6.39. The summed E-state index contributed by atoms with van der Waals surface area (Å²) in [6, 6.07) is 4.56. The van der Waals surface area contributed by atoms with E-state index >= 15 is 0 Å². The van der Waals surface area contributed by atoms with Gasteiger partial charge in [-0.25, -0.2) is 8.42 Å². The number of rotatable bonds is 5. The van der Waals surface area contributed by atoms with E-state index < -0.39 is 10.0 Å². The minimum absolute atomic E-state index is 0.0377. The van der Waals surface area contributed by atoms with Gasteiger partial charge in [-0.15, -0.1) is 0 Å². The van der Waals surface area contributed by atoms with Gasteiger partial charge < -0.3 is 9.64 Å². The molecule has 0 radical (unpaired) electrons. The Bertz CT molecular complexity index is 648. The molecule has 1 aliphatic rings. The Morgan fingerprint density at radius 3 is 2.71 bits per heavy atom. The van der Waals surface area contributed by atoms with Crippen LogP contribution < -0.4 is 0 Å². The van der Waals surface area contributed by atoms with E-state index in [0.717, 1.165) is 9.87 Å². The van der Waals surface area contributed by atoms with Crippen LogP contribution >= 0.6 is 11.6 Å². The first-order valence-corrected chi connectivity index (χ1v) is 8.21. The molecule has 0 aliphatic carbocycles. The second-order valence-electron chi connectivity index (χ2n) is 4.82. The highest BCUT2D eigenvalue weighted by molar-refractivity contribution is 7.89. The Morgan fingerprint density at radius 2 is 2.10 bits per heavy atom. The van der Waals surface area contributed by atoms with Crippen LogP contribution in [0.5, 0.6) is 0 Å². The van der Waals surface area contributed by atoms with Crippen molar-refractivity contribution < 1.29 is 17.9 Å². The maximum atomic E-state index is 12.5. The topological polar surface area (TPSA) is 66.9 Å².